The van der Waals surface area contributed by atoms with Crippen molar-refractivity contribution < 1.29 is 24.5 Å². The predicted molar refractivity (Wildman–Crippen MR) is 302 cm³/mol. The zero-order chi connectivity index (χ0) is 49.2. The van der Waals surface area contributed by atoms with E-state index in [4.69, 9.17) is 9.40 Å². The fourth-order valence-electron chi connectivity index (χ4n) is 10.2. The van der Waals surface area contributed by atoms with E-state index in [1.165, 1.54) is 33.2 Å². The molecule has 0 aliphatic heterocycles. The molecule has 0 unspecified atom stereocenters. The SMILES string of the molecule is [Ir+3].[c-]1ccc2c(oc3c4ccccc4ccc23)c1-c1nc2ccccc2n1-c1ccccc1.[c-]1ccccc1-c1cc(-c2ccccc2-c2ccccc2-c2ccccc2-c2cc[c-]c(-c3ccccn3)c2)ccn1. The van der Waals surface area contributed by atoms with Gasteiger partial charge in [-0.2, -0.15) is 0 Å². The number of furan rings is 1. The molecule has 14 rings (SSSR count). The molecule has 0 radical (unpaired) electrons. The van der Waals surface area contributed by atoms with E-state index in [2.05, 4.69) is 190 Å². The van der Waals surface area contributed by atoms with Gasteiger partial charge in [0.25, 0.3) is 0 Å². The number of imidazole rings is 1. The Balaban J connectivity index is 0.000000155. The second-order valence-corrected chi connectivity index (χ2v) is 18.0. The summed E-state index contributed by atoms with van der Waals surface area (Å²) in [4.78, 5) is 14.2. The van der Waals surface area contributed by atoms with E-state index in [1.54, 1.807) is 0 Å². The number of fused-ring (bicyclic) bond motifs is 6. The Morgan fingerprint density at radius 1 is 0.387 bits per heavy atom. The summed E-state index contributed by atoms with van der Waals surface area (Å²) in [6.07, 6.45) is 3.70. The van der Waals surface area contributed by atoms with Crippen LogP contribution < -0.4 is 0 Å². The van der Waals surface area contributed by atoms with Gasteiger partial charge in [-0.05, 0) is 92.1 Å². The summed E-state index contributed by atoms with van der Waals surface area (Å²) in [6.45, 7) is 0. The third-order valence-electron chi connectivity index (χ3n) is 13.6. The van der Waals surface area contributed by atoms with Crippen molar-refractivity contribution >= 4 is 43.7 Å². The Morgan fingerprint density at radius 3 is 1.75 bits per heavy atom. The standard InChI is InChI=1S/C40H26N2.C29H17N2O.Ir/c1-2-13-29(14-3-1)40-28-31(24-26-42-40)34-18-5-7-20-36(34)38-22-9-8-21-37(38)35-19-6-4-17-33(35)30-15-12-16-32(27-30)39-23-10-11-25-41-39;1-2-10-20(11-3-1)31-26-16-7-6-15-25(26)30-29(31)24-14-8-13-22-23-18-17-19-9-4-5-12-21(19)27(23)32-28(22)24;/h1-13,15,17-28H;1-13,15-18H;/q-2;-1;+3. The van der Waals surface area contributed by atoms with Crippen molar-refractivity contribution in [2.75, 3.05) is 0 Å². The summed E-state index contributed by atoms with van der Waals surface area (Å²) in [7, 11) is 0. The Bertz CT molecular complexity index is 4170. The van der Waals surface area contributed by atoms with Crippen LogP contribution in [-0.2, 0) is 20.1 Å². The second kappa shape index (κ2) is 20.7. The number of nitrogens with zero attached hydrogens (tertiary/aromatic N) is 4. The number of rotatable bonds is 8. The van der Waals surface area contributed by atoms with Gasteiger partial charge in [-0.1, -0.05) is 169 Å². The number of para-hydroxylation sites is 3. The van der Waals surface area contributed by atoms with Crippen LogP contribution in [0.1, 0.15) is 0 Å². The van der Waals surface area contributed by atoms with Crippen LogP contribution in [0.4, 0.5) is 0 Å². The van der Waals surface area contributed by atoms with E-state index in [9.17, 15) is 0 Å². The van der Waals surface area contributed by atoms with Gasteiger partial charge in [-0.3, -0.25) is 4.98 Å². The molecule has 0 saturated carbocycles. The molecule has 75 heavy (non-hydrogen) atoms. The van der Waals surface area contributed by atoms with Gasteiger partial charge in [-0.25, -0.2) is 0 Å². The fraction of sp³-hybridized carbons (Fsp3) is 0. The van der Waals surface area contributed by atoms with Crippen LogP contribution in [0.3, 0.4) is 0 Å². The largest absolute Gasteiger partial charge is 3.00 e. The molecule has 0 spiro atoms. The van der Waals surface area contributed by atoms with Crippen LogP contribution >= 0.6 is 0 Å². The Labute approximate surface area is 448 Å². The third kappa shape index (κ3) is 8.93. The van der Waals surface area contributed by atoms with E-state index >= 15 is 0 Å². The maximum atomic E-state index is 6.55. The summed E-state index contributed by atoms with van der Waals surface area (Å²) < 4.78 is 8.74. The average Bonchev–Trinajstić information content (AvgIpc) is 4.11. The van der Waals surface area contributed by atoms with Crippen molar-refractivity contribution in [3.05, 3.63) is 279 Å². The molecule has 5 nitrogen and oxygen atoms in total. The summed E-state index contributed by atoms with van der Waals surface area (Å²) in [6, 6.07) is 95.7. The van der Waals surface area contributed by atoms with E-state index in [-0.39, 0.29) is 20.1 Å². The Hall–Kier alpha value is -9.32. The summed E-state index contributed by atoms with van der Waals surface area (Å²) in [5.41, 5.74) is 18.7. The Morgan fingerprint density at radius 2 is 1.00 bits per heavy atom. The summed E-state index contributed by atoms with van der Waals surface area (Å²) >= 11 is 0. The molecular formula is C69H43IrN4O. The van der Waals surface area contributed by atoms with Crippen LogP contribution in [0.2, 0.25) is 0 Å². The van der Waals surface area contributed by atoms with E-state index in [0.717, 1.165) is 94.6 Å². The molecule has 6 heteroatoms. The maximum absolute atomic E-state index is 6.55. The Kier molecular flexibility index (Phi) is 12.9. The van der Waals surface area contributed by atoms with Gasteiger partial charge in [0.2, 0.25) is 0 Å². The van der Waals surface area contributed by atoms with Crippen LogP contribution in [-0.4, -0.2) is 19.5 Å². The van der Waals surface area contributed by atoms with Crippen LogP contribution in [0.15, 0.2) is 266 Å². The molecule has 354 valence electrons. The summed E-state index contributed by atoms with van der Waals surface area (Å²) in [5.74, 6) is 0.825. The minimum absolute atomic E-state index is 0. The van der Waals surface area contributed by atoms with Gasteiger partial charge in [0, 0.05) is 28.9 Å². The topological polar surface area (TPSA) is 56.7 Å². The molecular weight excluding hydrogens is 1090 g/mol. The number of hydrogen-bond donors (Lipinski definition) is 0. The first-order chi connectivity index (χ1) is 36.7. The first-order valence-corrected chi connectivity index (χ1v) is 24.7. The second-order valence-electron chi connectivity index (χ2n) is 18.0. The van der Waals surface area contributed by atoms with Gasteiger partial charge in [0.15, 0.2) is 0 Å². The molecule has 14 aromatic rings. The van der Waals surface area contributed by atoms with Crippen molar-refractivity contribution in [3.8, 4) is 84.1 Å². The van der Waals surface area contributed by atoms with Crippen LogP contribution in [0.25, 0.3) is 128 Å². The van der Waals surface area contributed by atoms with Crippen molar-refractivity contribution in [3.63, 3.8) is 0 Å². The van der Waals surface area contributed by atoms with Crippen molar-refractivity contribution in [2.24, 2.45) is 0 Å². The maximum Gasteiger partial charge on any atom is 3.00 e. The molecule has 10 aromatic carbocycles. The number of benzene rings is 10. The van der Waals surface area contributed by atoms with Gasteiger partial charge < -0.3 is 19.0 Å². The zero-order valence-corrected chi connectivity index (χ0v) is 42.8. The molecule has 0 aliphatic carbocycles. The van der Waals surface area contributed by atoms with Crippen molar-refractivity contribution in [1.29, 1.82) is 0 Å². The monoisotopic (exact) mass is 1140 g/mol. The molecule has 0 N–H and O–H groups in total. The van der Waals surface area contributed by atoms with Crippen molar-refractivity contribution in [1.82, 2.24) is 19.5 Å². The third-order valence-corrected chi connectivity index (χ3v) is 13.6. The van der Waals surface area contributed by atoms with Gasteiger partial charge in [-0.15, -0.1) is 89.5 Å². The minimum Gasteiger partial charge on any atom is -0.500 e. The quantitative estimate of drug-likeness (QED) is 0.142. The smallest absolute Gasteiger partial charge is 0.500 e. The van der Waals surface area contributed by atoms with E-state index in [0.29, 0.717) is 0 Å². The predicted octanol–water partition coefficient (Wildman–Crippen LogP) is 17.6. The zero-order valence-electron chi connectivity index (χ0n) is 40.4. The molecule has 4 aromatic heterocycles. The summed E-state index contributed by atoms with van der Waals surface area (Å²) in [5, 5.41) is 4.47. The van der Waals surface area contributed by atoms with Gasteiger partial charge in [0.1, 0.15) is 5.58 Å². The number of hydrogen-bond acceptors (Lipinski definition) is 4. The van der Waals surface area contributed by atoms with Crippen LogP contribution in [0.5, 0.6) is 0 Å². The molecule has 0 bridgehead atoms. The van der Waals surface area contributed by atoms with Gasteiger partial charge >= 0.3 is 20.1 Å². The van der Waals surface area contributed by atoms with Crippen molar-refractivity contribution in [2.45, 2.75) is 0 Å². The molecule has 0 saturated heterocycles. The normalized spacial score (nSPS) is 11.1. The fourth-order valence-corrected chi connectivity index (χ4v) is 10.2. The minimum atomic E-state index is 0. The average molecular weight is 1140 g/mol. The number of pyridine rings is 2. The number of aromatic nitrogens is 4. The molecule has 4 heterocycles. The van der Waals surface area contributed by atoms with E-state index < -0.39 is 0 Å². The molecule has 0 amide bonds. The molecule has 0 aliphatic rings. The van der Waals surface area contributed by atoms with E-state index in [1.807, 2.05) is 103 Å². The first-order valence-electron chi connectivity index (χ1n) is 24.7. The first kappa shape index (κ1) is 46.7. The van der Waals surface area contributed by atoms with Crippen LogP contribution in [0, 0.1) is 18.2 Å². The molecule has 0 atom stereocenters. The molecule has 0 fully saturated rings. The van der Waals surface area contributed by atoms with Gasteiger partial charge in [0.05, 0.1) is 22.4 Å².